The molecule has 1 saturated carbocycles. The van der Waals surface area contributed by atoms with Gasteiger partial charge >= 0.3 is 0 Å². The van der Waals surface area contributed by atoms with E-state index in [4.69, 9.17) is 19.0 Å². The molecule has 6 unspecified atom stereocenters. The number of allylic oxidation sites excluding steroid dienone is 1. The van der Waals surface area contributed by atoms with Gasteiger partial charge in [-0.15, -0.1) is 6.58 Å². The first-order valence-corrected chi connectivity index (χ1v) is 17.2. The Labute approximate surface area is 261 Å². The molecular formula is C34H50N2O6S. The number of hydrogen-bond donors (Lipinski definition) is 2. The molecule has 0 bridgehead atoms. The highest BCUT2D eigenvalue weighted by atomic mass is 32.2. The van der Waals surface area contributed by atoms with Gasteiger partial charge in [-0.25, -0.2) is 0 Å². The van der Waals surface area contributed by atoms with Crippen molar-refractivity contribution in [2.75, 3.05) is 58.9 Å². The molecule has 2 aliphatic carbocycles. The van der Waals surface area contributed by atoms with Crippen LogP contribution >= 0.6 is 11.8 Å². The maximum atomic E-state index is 9.70. The third kappa shape index (κ3) is 7.12. The highest BCUT2D eigenvalue weighted by Gasteiger charge is 2.63. The summed E-state index contributed by atoms with van der Waals surface area (Å²) < 4.78 is 20.2. The van der Waals surface area contributed by atoms with Crippen molar-refractivity contribution in [3.8, 4) is 11.5 Å². The summed E-state index contributed by atoms with van der Waals surface area (Å²) in [5.41, 5.74) is 3.30. The topological polar surface area (TPSA) is 92.8 Å². The van der Waals surface area contributed by atoms with Crippen molar-refractivity contribution < 1.29 is 29.3 Å². The highest BCUT2D eigenvalue weighted by Crippen LogP contribution is 2.62. The maximum Gasteiger partial charge on any atom is 0.230 e. The summed E-state index contributed by atoms with van der Waals surface area (Å²) in [4.78, 5) is 7.81. The van der Waals surface area contributed by atoms with Crippen molar-refractivity contribution in [3.05, 3.63) is 48.1 Å². The molecule has 0 radical (unpaired) electrons. The Balaban J connectivity index is 1.65. The van der Waals surface area contributed by atoms with Crippen LogP contribution in [0.15, 0.2) is 47.7 Å². The highest BCUT2D eigenvalue weighted by molar-refractivity contribution is 8.00. The molecule has 9 heteroatoms. The first kappa shape index (κ1) is 32.4. The van der Waals surface area contributed by atoms with Gasteiger partial charge in [0.15, 0.2) is 0 Å². The first-order valence-electron chi connectivity index (χ1n) is 16.2. The van der Waals surface area contributed by atoms with Gasteiger partial charge in [-0.1, -0.05) is 37.1 Å². The van der Waals surface area contributed by atoms with Gasteiger partial charge in [-0.2, -0.15) is 11.8 Å². The lowest BCUT2D eigenvalue weighted by Gasteiger charge is -2.58. The molecular weight excluding hydrogens is 564 g/mol. The lowest BCUT2D eigenvalue weighted by Crippen LogP contribution is -2.64. The van der Waals surface area contributed by atoms with Crippen molar-refractivity contribution >= 4 is 17.5 Å². The maximum absolute atomic E-state index is 9.70. The fourth-order valence-corrected chi connectivity index (χ4v) is 8.64. The van der Waals surface area contributed by atoms with E-state index >= 15 is 0 Å². The number of oxime groups is 1. The van der Waals surface area contributed by atoms with Gasteiger partial charge in [-0.3, -0.25) is 4.90 Å². The molecule has 8 nitrogen and oxygen atoms in total. The average molecular weight is 615 g/mol. The smallest absolute Gasteiger partial charge is 0.230 e. The molecule has 5 rings (SSSR count). The van der Waals surface area contributed by atoms with Gasteiger partial charge in [0.05, 0.1) is 23.5 Å². The molecule has 0 amide bonds. The van der Waals surface area contributed by atoms with E-state index in [1.165, 1.54) is 0 Å². The van der Waals surface area contributed by atoms with E-state index in [1.807, 2.05) is 23.9 Å². The lowest BCUT2D eigenvalue weighted by atomic mass is 9.56. The second kappa shape index (κ2) is 15.3. The number of aliphatic hydroxyl groups is 2. The number of aliphatic hydroxyl groups excluding tert-OH is 2. The van der Waals surface area contributed by atoms with Crippen LogP contribution in [-0.2, 0) is 9.57 Å². The number of nitrogens with zero attached hydrogens (tertiary/aromatic N) is 2. The number of benzene rings is 1. The molecule has 238 valence electrons. The Bertz CT molecular complexity index is 1140. The monoisotopic (exact) mass is 614 g/mol. The second-order valence-electron chi connectivity index (χ2n) is 12.1. The summed E-state index contributed by atoms with van der Waals surface area (Å²) >= 11 is 1.86. The summed E-state index contributed by atoms with van der Waals surface area (Å²) in [5.74, 6) is 2.36. The van der Waals surface area contributed by atoms with E-state index in [1.54, 1.807) is 7.11 Å². The van der Waals surface area contributed by atoms with Gasteiger partial charge < -0.3 is 29.3 Å². The molecule has 1 aromatic carbocycles. The largest absolute Gasteiger partial charge is 0.492 e. The quantitative estimate of drug-likeness (QED) is 0.0984. The zero-order valence-corrected chi connectivity index (χ0v) is 26.7. The second-order valence-corrected chi connectivity index (χ2v) is 13.6. The molecule has 6 atom stereocenters. The van der Waals surface area contributed by atoms with Crippen molar-refractivity contribution in [3.63, 3.8) is 0 Å². The Kier molecular flexibility index (Phi) is 11.5. The summed E-state index contributed by atoms with van der Waals surface area (Å²) in [6.45, 7) is 10.8. The summed E-state index contributed by atoms with van der Waals surface area (Å²) in [6.07, 6.45) is 10.3. The molecule has 0 spiro atoms. The van der Waals surface area contributed by atoms with E-state index < -0.39 is 5.79 Å². The van der Waals surface area contributed by atoms with Crippen molar-refractivity contribution in [2.24, 2.45) is 22.9 Å². The normalized spacial score (nSPS) is 30.2. The van der Waals surface area contributed by atoms with E-state index in [2.05, 4.69) is 41.8 Å². The van der Waals surface area contributed by atoms with Crippen molar-refractivity contribution in [2.45, 2.75) is 68.8 Å². The lowest BCUT2D eigenvalue weighted by molar-refractivity contribution is -0.223. The average Bonchev–Trinajstić information content (AvgIpc) is 3.84. The van der Waals surface area contributed by atoms with Crippen LogP contribution in [0, 0.1) is 17.8 Å². The van der Waals surface area contributed by atoms with E-state index in [9.17, 15) is 10.2 Å². The first-order chi connectivity index (χ1) is 21.1. The molecule has 2 heterocycles. The van der Waals surface area contributed by atoms with Gasteiger partial charge in [-0.05, 0) is 67.0 Å². The fourth-order valence-electron chi connectivity index (χ4n) is 7.46. The summed E-state index contributed by atoms with van der Waals surface area (Å²) in [6, 6.07) is 6.31. The Hall–Kier alpha value is -2.04. The van der Waals surface area contributed by atoms with Crippen LogP contribution in [0.4, 0.5) is 0 Å². The Morgan fingerprint density at radius 1 is 1.16 bits per heavy atom. The molecule has 2 N–H and O–H groups in total. The Morgan fingerprint density at radius 2 is 1.95 bits per heavy atom. The Morgan fingerprint density at radius 3 is 2.65 bits per heavy atom. The fraction of sp³-hybridized carbons (Fsp3) is 0.676. The predicted molar refractivity (Wildman–Crippen MR) is 172 cm³/mol. The molecule has 1 saturated heterocycles. The number of hydrogen-bond acceptors (Lipinski definition) is 9. The minimum Gasteiger partial charge on any atom is -0.492 e. The summed E-state index contributed by atoms with van der Waals surface area (Å²) in [7, 11) is 1.62. The van der Waals surface area contributed by atoms with E-state index in [-0.39, 0.29) is 36.2 Å². The third-order valence-electron chi connectivity index (χ3n) is 9.41. The van der Waals surface area contributed by atoms with Crippen LogP contribution in [0.25, 0.3) is 0 Å². The van der Waals surface area contributed by atoms with Gasteiger partial charge in [0, 0.05) is 50.8 Å². The van der Waals surface area contributed by atoms with Gasteiger partial charge in [0.25, 0.3) is 0 Å². The molecule has 2 aliphatic heterocycles. The molecule has 2 fully saturated rings. The van der Waals surface area contributed by atoms with E-state index in [0.717, 1.165) is 92.3 Å². The number of thioether (sulfide) groups is 1. The van der Waals surface area contributed by atoms with Crippen molar-refractivity contribution in [1.82, 2.24) is 4.90 Å². The minimum absolute atomic E-state index is 0.0108. The van der Waals surface area contributed by atoms with Crippen LogP contribution in [0.3, 0.4) is 0 Å². The van der Waals surface area contributed by atoms with Gasteiger partial charge in [0.1, 0.15) is 25.2 Å². The number of unbranched alkanes of at least 4 members (excludes halogenated alkanes) is 2. The molecule has 4 aliphatic rings. The predicted octanol–water partition coefficient (Wildman–Crippen LogP) is 5.40. The minimum atomic E-state index is -0.891. The number of rotatable bonds is 18. The molecule has 43 heavy (non-hydrogen) atoms. The third-order valence-corrected chi connectivity index (χ3v) is 10.6. The summed E-state index contributed by atoms with van der Waals surface area (Å²) in [5, 5.41) is 23.9. The van der Waals surface area contributed by atoms with Crippen LogP contribution in [0.5, 0.6) is 11.5 Å². The van der Waals surface area contributed by atoms with Crippen molar-refractivity contribution in [1.29, 1.82) is 0 Å². The molecule has 1 aromatic rings. The number of fused-ring (bicyclic) bond motifs is 2. The zero-order chi connectivity index (χ0) is 30.2. The number of ether oxygens (including phenoxy) is 3. The SMILES string of the molecule is C=CCOC12Oc3ccc(OCCN4CC4)cc3C3C(CCCCO)C(CCCCO)C=C(C(=NOC)CC1SCC)C32. The van der Waals surface area contributed by atoms with Crippen LogP contribution in [0.2, 0.25) is 0 Å². The zero-order valence-electron chi connectivity index (χ0n) is 25.9. The van der Waals surface area contributed by atoms with Crippen LogP contribution < -0.4 is 9.47 Å². The van der Waals surface area contributed by atoms with Gasteiger partial charge in [0.2, 0.25) is 5.79 Å². The van der Waals surface area contributed by atoms with E-state index in [0.29, 0.717) is 25.6 Å². The van der Waals surface area contributed by atoms with Crippen LogP contribution in [-0.4, -0.2) is 90.8 Å². The molecule has 0 aromatic heterocycles. The van der Waals surface area contributed by atoms with Crippen LogP contribution in [0.1, 0.15) is 63.4 Å². The standard InChI is InChI=1S/C34H50N2O6S/c1-4-19-41-34-31(43-5-2)23-29(35-39-3)27-21-24(10-6-8-17-37)26(11-7-9-18-38)32(33(27)34)28-22-25(12-13-30(28)42-34)40-20-16-36-14-15-36/h4,12-13,21-22,24,26,31-33,37-38H,1,5-11,14-20,23H2,2-3H3.